The first-order valence-electron chi connectivity index (χ1n) is 5.91. The number of aliphatic carboxylic acids is 1. The van der Waals surface area contributed by atoms with Crippen molar-refractivity contribution in [2.24, 2.45) is 10.8 Å². The van der Waals surface area contributed by atoms with Gasteiger partial charge < -0.3 is 20.9 Å². The zero-order valence-corrected chi connectivity index (χ0v) is 12.5. The molecule has 0 bridgehead atoms. The highest BCUT2D eigenvalue weighted by atomic mass is 32.1. The van der Waals surface area contributed by atoms with Crippen molar-refractivity contribution >= 4 is 35.6 Å². The molecule has 0 saturated carbocycles. The molecule has 0 aliphatic rings. The number of nitrogens with zero attached hydrogens (tertiary/aromatic N) is 1. The Labute approximate surface area is 124 Å². The maximum Gasteiger partial charge on any atom is 0.408 e. The summed E-state index contributed by atoms with van der Waals surface area (Å²) in [5, 5.41) is 15.0. The van der Waals surface area contributed by atoms with Crippen LogP contribution in [0.2, 0.25) is 0 Å². The number of carbonyl (C=O) groups excluding carboxylic acids is 1. The number of carboxylic acids is 1. The Bertz CT molecular complexity index is 398. The van der Waals surface area contributed by atoms with Gasteiger partial charge in [0.25, 0.3) is 0 Å². The van der Waals surface area contributed by atoms with E-state index in [-0.39, 0.29) is 13.0 Å². The van der Waals surface area contributed by atoms with Gasteiger partial charge in [-0.05, 0) is 45.8 Å². The molecule has 1 atom stereocenters. The highest BCUT2D eigenvalue weighted by Gasteiger charge is 2.23. The summed E-state index contributed by atoms with van der Waals surface area (Å²) >= 11 is 4.53. The van der Waals surface area contributed by atoms with E-state index < -0.39 is 23.7 Å². The van der Waals surface area contributed by atoms with Gasteiger partial charge in [-0.25, -0.2) is 9.59 Å². The topological polar surface area (TPSA) is 126 Å². The molecular weight excluding hydrogens is 284 g/mol. The highest BCUT2D eigenvalue weighted by molar-refractivity contribution is 7.80. The number of thiocarbonyl (C=S) groups is 1. The van der Waals surface area contributed by atoms with Gasteiger partial charge in [-0.2, -0.15) is 5.10 Å². The normalized spacial score (nSPS) is 12.8. The molecule has 9 heteroatoms. The molecule has 20 heavy (non-hydrogen) atoms. The molecule has 0 radical (unpaired) electrons. The molecule has 0 fully saturated rings. The molecular formula is C11H22N4O4S. The largest absolute Gasteiger partial charge is 0.480 e. The first-order valence-corrected chi connectivity index (χ1v) is 6.32. The highest BCUT2D eigenvalue weighted by Crippen LogP contribution is 2.07. The zero-order chi connectivity index (χ0) is 15.8. The van der Waals surface area contributed by atoms with Gasteiger partial charge in [-0.15, -0.1) is 0 Å². The maximum atomic E-state index is 11.5. The first kappa shape index (κ1) is 18.1. The zero-order valence-electron chi connectivity index (χ0n) is 11.7. The average molecular weight is 306 g/mol. The summed E-state index contributed by atoms with van der Waals surface area (Å²) in [4.78, 5) is 22.5. The summed E-state index contributed by atoms with van der Waals surface area (Å²) < 4.78 is 4.98. The lowest BCUT2D eigenvalue weighted by atomic mass is 10.1. The van der Waals surface area contributed by atoms with Crippen LogP contribution in [0.25, 0.3) is 0 Å². The second kappa shape index (κ2) is 8.31. The van der Waals surface area contributed by atoms with Crippen molar-refractivity contribution in [2.75, 3.05) is 0 Å². The molecule has 0 aromatic rings. The van der Waals surface area contributed by atoms with Crippen LogP contribution in [0, 0.1) is 0 Å². The second-order valence-electron chi connectivity index (χ2n) is 4.90. The molecule has 0 aliphatic carbocycles. The van der Waals surface area contributed by atoms with E-state index in [0.717, 1.165) is 0 Å². The Morgan fingerprint density at radius 1 is 1.55 bits per heavy atom. The summed E-state index contributed by atoms with van der Waals surface area (Å²) in [5.41, 5.74) is 6.80. The minimum atomic E-state index is -1.15. The van der Waals surface area contributed by atoms with Crippen molar-refractivity contribution in [3.63, 3.8) is 0 Å². The molecule has 0 heterocycles. The van der Waals surface area contributed by atoms with Gasteiger partial charge in [0.2, 0.25) is 0 Å². The van der Waals surface area contributed by atoms with Crippen LogP contribution in [0.3, 0.4) is 0 Å². The van der Waals surface area contributed by atoms with E-state index in [0.29, 0.717) is 6.42 Å². The van der Waals surface area contributed by atoms with Gasteiger partial charge in [-0.1, -0.05) is 0 Å². The van der Waals surface area contributed by atoms with E-state index in [2.05, 4.69) is 28.1 Å². The molecule has 8 nitrogen and oxygen atoms in total. The standard InChI is InChI=1S/C11H20N4O4S.H2/c1-11(2,3)19-10(18)14-7(8(16)17)5-4-6-13-15-9(12)20;/h6-7H,4-5H2,1-3H3,(H,14,18)(H,16,17)(H3,12,15,20);1H/b13-6-;. The van der Waals surface area contributed by atoms with Crippen molar-refractivity contribution < 1.29 is 20.9 Å². The molecule has 1 unspecified atom stereocenters. The third-order valence-electron chi connectivity index (χ3n) is 1.84. The molecule has 0 spiro atoms. The van der Waals surface area contributed by atoms with E-state index in [4.69, 9.17) is 15.6 Å². The third-order valence-corrected chi connectivity index (χ3v) is 1.93. The van der Waals surface area contributed by atoms with E-state index in [1.165, 1.54) is 6.21 Å². The molecule has 0 rings (SSSR count). The number of ether oxygens (including phenoxy) is 1. The monoisotopic (exact) mass is 306 g/mol. The Morgan fingerprint density at radius 2 is 2.15 bits per heavy atom. The van der Waals surface area contributed by atoms with Crippen molar-refractivity contribution in [1.82, 2.24) is 10.7 Å². The fourth-order valence-electron chi connectivity index (χ4n) is 1.12. The minimum absolute atomic E-state index is 0. The summed E-state index contributed by atoms with van der Waals surface area (Å²) in [6.45, 7) is 5.07. The fraction of sp³-hybridized carbons (Fsp3) is 0.636. The van der Waals surface area contributed by atoms with Crippen LogP contribution in [0.15, 0.2) is 5.10 Å². The number of rotatable bonds is 6. The first-order chi connectivity index (χ1) is 9.11. The van der Waals surface area contributed by atoms with Crippen molar-refractivity contribution in [2.45, 2.75) is 45.3 Å². The van der Waals surface area contributed by atoms with Gasteiger partial charge in [0, 0.05) is 7.64 Å². The SMILES string of the molecule is CC(C)(C)OC(=O)NC(CC/C=N\NC(N)=S)C(=O)O.[HH]. The van der Waals surface area contributed by atoms with Crippen LogP contribution in [0.5, 0.6) is 0 Å². The Balaban J connectivity index is 0. The molecule has 116 valence electrons. The molecule has 0 aromatic heterocycles. The van der Waals surface area contributed by atoms with Crippen molar-refractivity contribution in [3.05, 3.63) is 0 Å². The average Bonchev–Trinajstić information content (AvgIpc) is 2.23. The Morgan fingerprint density at radius 3 is 2.60 bits per heavy atom. The number of carbonyl (C=O) groups is 2. The van der Waals surface area contributed by atoms with Gasteiger partial charge >= 0.3 is 12.1 Å². The van der Waals surface area contributed by atoms with Crippen LogP contribution in [0.4, 0.5) is 4.79 Å². The van der Waals surface area contributed by atoms with Crippen LogP contribution >= 0.6 is 12.2 Å². The molecule has 1 amide bonds. The maximum absolute atomic E-state index is 11.5. The van der Waals surface area contributed by atoms with Gasteiger partial charge in [-0.3, -0.25) is 5.43 Å². The summed E-state index contributed by atoms with van der Waals surface area (Å²) in [7, 11) is 0. The number of hydrazone groups is 1. The third kappa shape index (κ3) is 10.1. The quantitative estimate of drug-likeness (QED) is 0.325. The lowest BCUT2D eigenvalue weighted by Crippen LogP contribution is -2.43. The van der Waals surface area contributed by atoms with E-state index in [1.807, 2.05) is 0 Å². The number of carboxylic acid groups (broad SMARTS) is 1. The van der Waals surface area contributed by atoms with Crippen LogP contribution < -0.4 is 16.5 Å². The number of hydrogen-bond donors (Lipinski definition) is 4. The number of nitrogens with two attached hydrogens (primary N) is 1. The number of nitrogens with one attached hydrogen (secondary N) is 2. The lowest BCUT2D eigenvalue weighted by Gasteiger charge is -2.21. The van der Waals surface area contributed by atoms with Crippen LogP contribution in [-0.4, -0.2) is 40.1 Å². The lowest BCUT2D eigenvalue weighted by molar-refractivity contribution is -0.139. The number of amides is 1. The summed E-state index contributed by atoms with van der Waals surface area (Å²) in [5.74, 6) is -1.15. The van der Waals surface area contributed by atoms with E-state index in [9.17, 15) is 9.59 Å². The predicted molar refractivity (Wildman–Crippen MR) is 80.6 cm³/mol. The van der Waals surface area contributed by atoms with Crippen LogP contribution in [-0.2, 0) is 9.53 Å². The number of alkyl carbamates (subject to hydrolysis) is 1. The van der Waals surface area contributed by atoms with E-state index in [1.54, 1.807) is 20.8 Å². The predicted octanol–water partition coefficient (Wildman–Crippen LogP) is 0.810. The van der Waals surface area contributed by atoms with Gasteiger partial charge in [0.05, 0.1) is 0 Å². The summed E-state index contributed by atoms with van der Waals surface area (Å²) in [6.07, 6.45) is 1.13. The summed E-state index contributed by atoms with van der Waals surface area (Å²) in [6, 6.07) is -1.05. The Kier molecular flexibility index (Phi) is 7.52. The van der Waals surface area contributed by atoms with Crippen LogP contribution in [0.1, 0.15) is 35.0 Å². The molecule has 0 saturated heterocycles. The molecule has 5 N–H and O–H groups in total. The van der Waals surface area contributed by atoms with Crippen molar-refractivity contribution in [3.8, 4) is 0 Å². The fourth-order valence-corrected chi connectivity index (χ4v) is 1.17. The van der Waals surface area contributed by atoms with Gasteiger partial charge in [0.15, 0.2) is 5.11 Å². The minimum Gasteiger partial charge on any atom is -0.480 e. The number of hydrogen-bond acceptors (Lipinski definition) is 5. The smallest absolute Gasteiger partial charge is 0.408 e. The van der Waals surface area contributed by atoms with Gasteiger partial charge in [0.1, 0.15) is 11.6 Å². The Hall–Kier alpha value is -1.90. The second-order valence-corrected chi connectivity index (χ2v) is 5.34. The molecule has 0 aliphatic heterocycles. The molecule has 0 aromatic carbocycles. The van der Waals surface area contributed by atoms with Crippen molar-refractivity contribution in [1.29, 1.82) is 0 Å². The van der Waals surface area contributed by atoms with E-state index >= 15 is 0 Å².